The second-order valence-electron chi connectivity index (χ2n) is 7.24. The molecule has 0 aliphatic rings. The van der Waals surface area contributed by atoms with E-state index in [-0.39, 0.29) is 5.04 Å². The van der Waals surface area contributed by atoms with Gasteiger partial charge in [-0.05, 0) is 66.7 Å². The molecule has 0 saturated carbocycles. The van der Waals surface area contributed by atoms with E-state index in [0.29, 0.717) is 0 Å². The molecule has 1 N–H and O–H groups in total. The Balaban J connectivity index is 2.04. The molecule has 0 radical (unpaired) electrons. The molecular formula is C19H27NO2Si. The smallest absolute Gasteiger partial charge is 0.250 e. The number of nitrogens with one attached hydrogen (secondary N) is 1. The van der Waals surface area contributed by atoms with Crippen molar-refractivity contribution in [2.75, 3.05) is 12.4 Å². The second kappa shape index (κ2) is 6.67. The Morgan fingerprint density at radius 3 is 1.61 bits per heavy atom. The van der Waals surface area contributed by atoms with Crippen LogP contribution in [-0.4, -0.2) is 15.4 Å². The molecule has 124 valence electrons. The van der Waals surface area contributed by atoms with E-state index < -0.39 is 8.32 Å². The first-order valence-corrected chi connectivity index (χ1v) is 10.8. The van der Waals surface area contributed by atoms with Gasteiger partial charge in [0.05, 0.1) is 7.11 Å². The highest BCUT2D eigenvalue weighted by Gasteiger charge is 2.38. The van der Waals surface area contributed by atoms with E-state index in [4.69, 9.17) is 9.16 Å². The van der Waals surface area contributed by atoms with Crippen LogP contribution in [0.25, 0.3) is 0 Å². The van der Waals surface area contributed by atoms with Gasteiger partial charge >= 0.3 is 0 Å². The van der Waals surface area contributed by atoms with Crippen LogP contribution >= 0.6 is 0 Å². The van der Waals surface area contributed by atoms with Crippen molar-refractivity contribution in [3.63, 3.8) is 0 Å². The van der Waals surface area contributed by atoms with Crippen LogP contribution in [0.15, 0.2) is 48.5 Å². The predicted molar refractivity (Wildman–Crippen MR) is 101 cm³/mol. The lowest BCUT2D eigenvalue weighted by molar-refractivity contribution is 0.415. The fourth-order valence-electron chi connectivity index (χ4n) is 1.90. The number of hydrogen-bond donors (Lipinski definition) is 1. The maximum atomic E-state index is 6.30. The summed E-state index contributed by atoms with van der Waals surface area (Å²) in [7, 11) is -0.112. The zero-order chi connectivity index (χ0) is 17.1. The number of benzene rings is 2. The van der Waals surface area contributed by atoms with Gasteiger partial charge in [-0.2, -0.15) is 0 Å². The van der Waals surface area contributed by atoms with Crippen LogP contribution in [0.3, 0.4) is 0 Å². The summed E-state index contributed by atoms with van der Waals surface area (Å²) in [5.74, 6) is 1.80. The molecule has 2 aromatic carbocycles. The summed E-state index contributed by atoms with van der Waals surface area (Å²) in [4.78, 5) is 0. The number of hydrogen-bond acceptors (Lipinski definition) is 3. The molecule has 0 atom stereocenters. The van der Waals surface area contributed by atoms with E-state index in [1.807, 2.05) is 48.5 Å². The van der Waals surface area contributed by atoms with Crippen LogP contribution in [-0.2, 0) is 0 Å². The molecule has 0 aliphatic heterocycles. The van der Waals surface area contributed by atoms with Gasteiger partial charge < -0.3 is 14.5 Å². The van der Waals surface area contributed by atoms with Crippen molar-refractivity contribution in [3.05, 3.63) is 48.5 Å². The molecule has 0 unspecified atom stereocenters. The first kappa shape index (κ1) is 17.4. The number of methoxy groups -OCH3 is 1. The van der Waals surface area contributed by atoms with Gasteiger partial charge in [0.15, 0.2) is 0 Å². The van der Waals surface area contributed by atoms with Crippen molar-refractivity contribution < 1.29 is 9.16 Å². The molecule has 4 heteroatoms. The maximum absolute atomic E-state index is 6.30. The Morgan fingerprint density at radius 2 is 1.22 bits per heavy atom. The van der Waals surface area contributed by atoms with E-state index in [1.54, 1.807) is 7.11 Å². The van der Waals surface area contributed by atoms with Gasteiger partial charge in [0, 0.05) is 11.4 Å². The number of anilines is 2. The highest BCUT2D eigenvalue weighted by molar-refractivity contribution is 6.74. The first-order valence-electron chi connectivity index (χ1n) is 7.91. The molecule has 0 bridgehead atoms. The fraction of sp³-hybridized carbons (Fsp3) is 0.368. The van der Waals surface area contributed by atoms with Crippen LogP contribution in [0.5, 0.6) is 11.5 Å². The van der Waals surface area contributed by atoms with E-state index in [1.165, 1.54) is 0 Å². The lowest BCUT2D eigenvalue weighted by Gasteiger charge is -2.36. The highest BCUT2D eigenvalue weighted by Crippen LogP contribution is 2.37. The lowest BCUT2D eigenvalue weighted by Crippen LogP contribution is -2.43. The maximum Gasteiger partial charge on any atom is 0.250 e. The molecule has 0 saturated heterocycles. The zero-order valence-corrected chi connectivity index (χ0v) is 15.9. The summed E-state index contributed by atoms with van der Waals surface area (Å²) < 4.78 is 11.5. The van der Waals surface area contributed by atoms with Gasteiger partial charge in [-0.15, -0.1) is 0 Å². The average molecular weight is 330 g/mol. The minimum absolute atomic E-state index is 0.201. The lowest BCUT2D eigenvalue weighted by atomic mass is 10.2. The number of rotatable bonds is 5. The van der Waals surface area contributed by atoms with Crippen molar-refractivity contribution >= 4 is 19.7 Å². The summed E-state index contributed by atoms with van der Waals surface area (Å²) in [6, 6.07) is 16.0. The fourth-order valence-corrected chi connectivity index (χ4v) is 2.93. The largest absolute Gasteiger partial charge is 0.544 e. The molecular weight excluding hydrogens is 302 g/mol. The van der Waals surface area contributed by atoms with Gasteiger partial charge in [-0.3, -0.25) is 0 Å². The quantitative estimate of drug-likeness (QED) is 0.701. The van der Waals surface area contributed by atoms with Crippen LogP contribution in [0, 0.1) is 0 Å². The molecule has 23 heavy (non-hydrogen) atoms. The summed E-state index contributed by atoms with van der Waals surface area (Å²) in [6.45, 7) is 11.3. The van der Waals surface area contributed by atoms with Crippen molar-refractivity contribution in [1.29, 1.82) is 0 Å². The van der Waals surface area contributed by atoms with Crippen LogP contribution in [0.2, 0.25) is 18.1 Å². The summed E-state index contributed by atoms with van der Waals surface area (Å²) >= 11 is 0. The van der Waals surface area contributed by atoms with Crippen molar-refractivity contribution in [3.8, 4) is 11.5 Å². The Hall–Kier alpha value is -1.94. The number of ether oxygens (including phenoxy) is 1. The van der Waals surface area contributed by atoms with Gasteiger partial charge in [0.1, 0.15) is 11.5 Å². The van der Waals surface area contributed by atoms with Crippen molar-refractivity contribution in [2.45, 2.75) is 38.9 Å². The summed E-state index contributed by atoms with van der Waals surface area (Å²) in [6.07, 6.45) is 0. The third-order valence-corrected chi connectivity index (χ3v) is 8.77. The van der Waals surface area contributed by atoms with Crippen molar-refractivity contribution in [2.24, 2.45) is 0 Å². The van der Waals surface area contributed by atoms with Crippen LogP contribution in [0.1, 0.15) is 20.8 Å². The van der Waals surface area contributed by atoms with Crippen molar-refractivity contribution in [1.82, 2.24) is 0 Å². The topological polar surface area (TPSA) is 30.5 Å². The first-order chi connectivity index (χ1) is 10.7. The molecule has 2 rings (SSSR count). The molecule has 0 spiro atoms. The molecule has 0 heterocycles. The molecule has 0 fully saturated rings. The van der Waals surface area contributed by atoms with Gasteiger partial charge in [0.25, 0.3) is 0 Å². The molecule has 0 amide bonds. The van der Waals surface area contributed by atoms with Crippen LogP contribution in [0.4, 0.5) is 11.4 Å². The Kier molecular flexibility index (Phi) is 5.05. The molecule has 0 aliphatic carbocycles. The minimum Gasteiger partial charge on any atom is -0.544 e. The third-order valence-electron chi connectivity index (χ3n) is 4.41. The standard InChI is InChI=1S/C19H27NO2Si/c1-19(2,3)23(5,6)22-18-13-9-16(10-14-18)20-15-7-11-17(21-4)12-8-15/h7-14,20H,1-6H3. The molecule has 0 aromatic heterocycles. The normalized spacial score (nSPS) is 11.9. The van der Waals surface area contributed by atoms with E-state index in [2.05, 4.69) is 39.2 Å². The molecule has 2 aromatic rings. The van der Waals surface area contributed by atoms with E-state index in [9.17, 15) is 0 Å². The second-order valence-corrected chi connectivity index (χ2v) is 12.0. The Bertz CT molecular complexity index is 628. The van der Waals surface area contributed by atoms with E-state index >= 15 is 0 Å². The average Bonchev–Trinajstić information content (AvgIpc) is 2.48. The molecule has 3 nitrogen and oxygen atoms in total. The van der Waals surface area contributed by atoms with Gasteiger partial charge in [0.2, 0.25) is 8.32 Å². The SMILES string of the molecule is COc1ccc(Nc2ccc(O[Si](C)(C)C(C)(C)C)cc2)cc1. The predicted octanol–water partition coefficient (Wildman–Crippen LogP) is 5.82. The zero-order valence-electron chi connectivity index (χ0n) is 14.9. The van der Waals surface area contributed by atoms with Gasteiger partial charge in [-0.1, -0.05) is 20.8 Å². The van der Waals surface area contributed by atoms with Crippen LogP contribution < -0.4 is 14.5 Å². The summed E-state index contributed by atoms with van der Waals surface area (Å²) in [5, 5.41) is 3.58. The minimum atomic E-state index is -1.78. The van der Waals surface area contributed by atoms with E-state index in [0.717, 1.165) is 22.9 Å². The van der Waals surface area contributed by atoms with Gasteiger partial charge in [-0.25, -0.2) is 0 Å². The Labute approximate surface area is 140 Å². The monoisotopic (exact) mass is 329 g/mol. The third kappa shape index (κ3) is 4.52. The summed E-state index contributed by atoms with van der Waals surface area (Å²) in [5.41, 5.74) is 2.07. The Morgan fingerprint density at radius 1 is 0.783 bits per heavy atom. The highest BCUT2D eigenvalue weighted by atomic mass is 28.4.